The van der Waals surface area contributed by atoms with Crippen LogP contribution in [-0.4, -0.2) is 77.1 Å². The molecular weight excluding hydrogens is 412 g/mol. The Labute approximate surface area is 189 Å². The van der Waals surface area contributed by atoms with Crippen LogP contribution in [0.25, 0.3) is 0 Å². The molecule has 1 saturated heterocycles. The van der Waals surface area contributed by atoms with Crippen LogP contribution in [-0.2, 0) is 17.7 Å². The average molecular weight is 445 g/mol. The molecule has 1 amide bonds. The second-order valence-electron chi connectivity index (χ2n) is 7.89. The fourth-order valence-corrected chi connectivity index (χ4v) is 3.60. The van der Waals surface area contributed by atoms with Gasteiger partial charge in [0.1, 0.15) is 13.2 Å². The van der Waals surface area contributed by atoms with Crippen molar-refractivity contribution in [2.45, 2.75) is 19.0 Å². The van der Waals surface area contributed by atoms with E-state index in [0.29, 0.717) is 49.2 Å². The van der Waals surface area contributed by atoms with E-state index in [4.69, 9.17) is 23.7 Å². The number of likely N-dealkylation sites (N-methyl/N-ethyl adjacent to an activating group) is 1. The zero-order valence-electron chi connectivity index (χ0n) is 19.4. The quantitative estimate of drug-likeness (QED) is 0.527. The van der Waals surface area contributed by atoms with Crippen molar-refractivity contribution in [3.8, 4) is 23.0 Å². The Hall–Kier alpha value is -3.13. The van der Waals surface area contributed by atoms with Gasteiger partial charge in [0.15, 0.2) is 23.0 Å². The lowest BCUT2D eigenvalue weighted by molar-refractivity contribution is 0.156. The van der Waals surface area contributed by atoms with Gasteiger partial charge in [-0.3, -0.25) is 4.90 Å². The molecule has 0 saturated carbocycles. The SMILES string of the molecule is COc1ccc(C[C@H]2COC(=O)N2Cc2ccc(OC)c(OCCN(C)C)c2)cc1OC. The number of nitrogens with zero attached hydrogens (tertiary/aromatic N) is 2. The molecule has 8 nitrogen and oxygen atoms in total. The Bertz CT molecular complexity index is 917. The van der Waals surface area contributed by atoms with Gasteiger partial charge in [-0.1, -0.05) is 12.1 Å². The van der Waals surface area contributed by atoms with Gasteiger partial charge in [-0.25, -0.2) is 4.79 Å². The smallest absolute Gasteiger partial charge is 0.410 e. The second-order valence-corrected chi connectivity index (χ2v) is 7.89. The summed E-state index contributed by atoms with van der Waals surface area (Å²) < 4.78 is 27.4. The molecule has 174 valence electrons. The molecule has 0 unspecified atom stereocenters. The minimum absolute atomic E-state index is 0.0826. The number of carbonyl (C=O) groups excluding carboxylic acids is 1. The average Bonchev–Trinajstić information content (AvgIpc) is 3.12. The number of hydrogen-bond acceptors (Lipinski definition) is 7. The summed E-state index contributed by atoms with van der Waals surface area (Å²) in [7, 11) is 8.82. The molecule has 0 bridgehead atoms. The summed E-state index contributed by atoms with van der Waals surface area (Å²) in [5, 5.41) is 0. The lowest BCUT2D eigenvalue weighted by atomic mass is 10.0. The lowest BCUT2D eigenvalue weighted by Crippen LogP contribution is -2.34. The van der Waals surface area contributed by atoms with E-state index in [-0.39, 0.29) is 12.1 Å². The molecule has 0 radical (unpaired) electrons. The van der Waals surface area contributed by atoms with Crippen molar-refractivity contribution in [1.29, 1.82) is 0 Å². The first kappa shape index (κ1) is 23.5. The van der Waals surface area contributed by atoms with Crippen LogP contribution >= 0.6 is 0 Å². The molecule has 32 heavy (non-hydrogen) atoms. The van der Waals surface area contributed by atoms with Gasteiger partial charge in [-0.2, -0.15) is 0 Å². The van der Waals surface area contributed by atoms with E-state index >= 15 is 0 Å². The van der Waals surface area contributed by atoms with Crippen LogP contribution in [0.3, 0.4) is 0 Å². The van der Waals surface area contributed by atoms with Crippen LogP contribution in [0, 0.1) is 0 Å². The number of benzene rings is 2. The number of hydrogen-bond donors (Lipinski definition) is 0. The van der Waals surface area contributed by atoms with E-state index < -0.39 is 0 Å². The van der Waals surface area contributed by atoms with Gasteiger partial charge in [0.2, 0.25) is 0 Å². The molecule has 2 aromatic rings. The van der Waals surface area contributed by atoms with E-state index in [1.165, 1.54) is 0 Å². The van der Waals surface area contributed by atoms with Crippen LogP contribution < -0.4 is 18.9 Å². The number of rotatable bonds is 11. The summed E-state index contributed by atoms with van der Waals surface area (Å²) in [4.78, 5) is 16.3. The number of cyclic esters (lactones) is 1. The lowest BCUT2D eigenvalue weighted by Gasteiger charge is -2.22. The summed E-state index contributed by atoms with van der Waals surface area (Å²) in [6.45, 7) is 2.10. The molecule has 0 spiro atoms. The van der Waals surface area contributed by atoms with Gasteiger partial charge >= 0.3 is 6.09 Å². The summed E-state index contributed by atoms with van der Waals surface area (Å²) in [6, 6.07) is 11.4. The van der Waals surface area contributed by atoms with Gasteiger partial charge in [0.05, 0.1) is 27.4 Å². The summed E-state index contributed by atoms with van der Waals surface area (Å²) in [5.74, 6) is 2.66. The maximum absolute atomic E-state index is 12.5. The maximum atomic E-state index is 12.5. The molecule has 2 aromatic carbocycles. The van der Waals surface area contributed by atoms with E-state index in [1.54, 1.807) is 26.2 Å². The Kier molecular flexibility index (Phi) is 8.05. The van der Waals surface area contributed by atoms with Crippen LogP contribution in [0.2, 0.25) is 0 Å². The molecule has 8 heteroatoms. The zero-order valence-corrected chi connectivity index (χ0v) is 19.4. The van der Waals surface area contributed by atoms with Crippen LogP contribution in [0.1, 0.15) is 11.1 Å². The Balaban J connectivity index is 1.73. The fourth-order valence-electron chi connectivity index (χ4n) is 3.60. The Morgan fingerprint density at radius 3 is 2.22 bits per heavy atom. The van der Waals surface area contributed by atoms with Crippen molar-refractivity contribution in [1.82, 2.24) is 9.80 Å². The van der Waals surface area contributed by atoms with Crippen molar-refractivity contribution in [2.24, 2.45) is 0 Å². The molecule has 1 heterocycles. The third-order valence-electron chi connectivity index (χ3n) is 5.37. The highest BCUT2D eigenvalue weighted by Crippen LogP contribution is 2.31. The van der Waals surface area contributed by atoms with E-state index in [9.17, 15) is 4.79 Å². The summed E-state index contributed by atoms with van der Waals surface area (Å²) >= 11 is 0. The molecule has 0 aromatic heterocycles. The van der Waals surface area contributed by atoms with E-state index in [2.05, 4.69) is 4.90 Å². The van der Waals surface area contributed by atoms with Crippen molar-refractivity contribution in [3.63, 3.8) is 0 Å². The molecule has 1 fully saturated rings. The van der Waals surface area contributed by atoms with Crippen LogP contribution in [0.15, 0.2) is 36.4 Å². The minimum atomic E-state index is -0.318. The first-order valence-electron chi connectivity index (χ1n) is 10.5. The van der Waals surface area contributed by atoms with Gasteiger partial charge < -0.3 is 28.6 Å². The molecule has 0 N–H and O–H groups in total. The van der Waals surface area contributed by atoms with Crippen molar-refractivity contribution < 1.29 is 28.5 Å². The molecule has 3 rings (SSSR count). The molecule has 0 aliphatic carbocycles. The maximum Gasteiger partial charge on any atom is 0.410 e. The van der Waals surface area contributed by atoms with E-state index in [1.807, 2.05) is 50.5 Å². The highest BCUT2D eigenvalue weighted by molar-refractivity contribution is 5.70. The summed E-state index contributed by atoms with van der Waals surface area (Å²) in [5.41, 5.74) is 1.99. The predicted molar refractivity (Wildman–Crippen MR) is 121 cm³/mol. The Morgan fingerprint density at radius 2 is 1.56 bits per heavy atom. The van der Waals surface area contributed by atoms with Gasteiger partial charge in [-0.15, -0.1) is 0 Å². The Morgan fingerprint density at radius 1 is 0.938 bits per heavy atom. The summed E-state index contributed by atoms with van der Waals surface area (Å²) in [6.07, 6.45) is 0.329. The number of amides is 1. The first-order valence-corrected chi connectivity index (χ1v) is 10.5. The minimum Gasteiger partial charge on any atom is -0.493 e. The first-order chi connectivity index (χ1) is 15.4. The van der Waals surface area contributed by atoms with Gasteiger partial charge in [0.25, 0.3) is 0 Å². The van der Waals surface area contributed by atoms with E-state index in [0.717, 1.165) is 17.7 Å². The van der Waals surface area contributed by atoms with Crippen molar-refractivity contribution >= 4 is 6.09 Å². The van der Waals surface area contributed by atoms with Gasteiger partial charge in [-0.05, 0) is 55.9 Å². The number of ether oxygens (including phenoxy) is 5. The third kappa shape index (κ3) is 5.76. The molecule has 1 atom stereocenters. The fraction of sp³-hybridized carbons (Fsp3) is 0.458. The topological polar surface area (TPSA) is 69.7 Å². The number of carbonyl (C=O) groups is 1. The standard InChI is InChI=1S/C24H32N2O6/c1-25(2)10-11-31-23-14-18(7-9-21(23)29-4)15-26-19(16-32-24(26)27)12-17-6-8-20(28-3)22(13-17)30-5/h6-9,13-14,19H,10-12,15-16H2,1-5H3/t19-/m0/s1. The molecule has 1 aliphatic rings. The van der Waals surface area contributed by atoms with Crippen LogP contribution in [0.4, 0.5) is 4.79 Å². The number of methoxy groups -OCH3 is 3. The largest absolute Gasteiger partial charge is 0.493 e. The molecular formula is C24H32N2O6. The third-order valence-corrected chi connectivity index (χ3v) is 5.37. The normalized spacial score (nSPS) is 15.6. The highest BCUT2D eigenvalue weighted by atomic mass is 16.6. The molecule has 1 aliphatic heterocycles. The van der Waals surface area contributed by atoms with Gasteiger partial charge in [0, 0.05) is 13.1 Å². The van der Waals surface area contributed by atoms with Crippen molar-refractivity contribution in [2.75, 3.05) is 55.2 Å². The monoisotopic (exact) mass is 444 g/mol. The van der Waals surface area contributed by atoms with Crippen molar-refractivity contribution in [3.05, 3.63) is 47.5 Å². The second kappa shape index (κ2) is 10.9. The predicted octanol–water partition coefficient (Wildman–Crippen LogP) is 3.22. The highest BCUT2D eigenvalue weighted by Gasteiger charge is 2.33. The van der Waals surface area contributed by atoms with Crippen LogP contribution in [0.5, 0.6) is 23.0 Å². The zero-order chi connectivity index (χ0) is 23.1.